The maximum atomic E-state index is 13.2. The minimum absolute atomic E-state index is 0.0896. The number of hydrogen-bond acceptors (Lipinski definition) is 3. The highest BCUT2D eigenvalue weighted by molar-refractivity contribution is 5.91. The van der Waals surface area contributed by atoms with Gasteiger partial charge in [0.1, 0.15) is 5.78 Å². The van der Waals surface area contributed by atoms with E-state index in [0.717, 1.165) is 70.6 Å². The number of ketones is 2. The van der Waals surface area contributed by atoms with Crippen molar-refractivity contribution < 1.29 is 14.7 Å². The average Bonchev–Trinajstić information content (AvgIpc) is 3.02. The van der Waals surface area contributed by atoms with Gasteiger partial charge in [-0.3, -0.25) is 9.59 Å². The Balaban J connectivity index is 1.64. The lowest BCUT2D eigenvalue weighted by Gasteiger charge is -2.60. The molecule has 4 aliphatic carbocycles. The standard InChI is InChI=1S/C27H42O3/c1-5-6-7-8-24(30)27(18(2)28)16-13-23-21-10-9-19-17-20(29)11-14-25(19,3)22(21)12-15-26(23,27)4/h17,21-24,30H,5-16H2,1-4H3/t21-,22-,23-,24?,25-,26-,27+/m0/s1. The van der Waals surface area contributed by atoms with Gasteiger partial charge in [0.25, 0.3) is 0 Å². The highest BCUT2D eigenvalue weighted by Gasteiger charge is 2.67. The monoisotopic (exact) mass is 414 g/mol. The molecule has 30 heavy (non-hydrogen) atoms. The fraction of sp³-hybridized carbons (Fsp3) is 0.852. The number of aliphatic hydroxyl groups excluding tert-OH is 1. The number of unbranched alkanes of at least 4 members (excludes halogenated alkanes) is 2. The zero-order chi connectivity index (χ0) is 21.7. The summed E-state index contributed by atoms with van der Waals surface area (Å²) >= 11 is 0. The highest BCUT2D eigenvalue weighted by Crippen LogP contribution is 2.71. The number of allylic oxidation sites excluding steroid dienone is 1. The summed E-state index contributed by atoms with van der Waals surface area (Å²) in [6.07, 6.45) is 13.5. The molecular weight excluding hydrogens is 372 g/mol. The third kappa shape index (κ3) is 3.01. The number of Topliss-reactive ketones (excluding diaryl/α,β-unsaturated/α-hetero) is 1. The number of carbonyl (C=O) groups is 2. The number of fused-ring (bicyclic) bond motifs is 5. The Morgan fingerprint density at radius 1 is 1.10 bits per heavy atom. The number of rotatable bonds is 6. The van der Waals surface area contributed by atoms with E-state index >= 15 is 0 Å². The molecule has 0 spiro atoms. The second kappa shape index (κ2) is 7.87. The van der Waals surface area contributed by atoms with Crippen molar-refractivity contribution in [1.29, 1.82) is 0 Å². The van der Waals surface area contributed by atoms with E-state index in [1.54, 1.807) is 6.92 Å². The fourth-order valence-electron chi connectivity index (χ4n) is 8.83. The van der Waals surface area contributed by atoms with E-state index in [2.05, 4.69) is 20.8 Å². The van der Waals surface area contributed by atoms with Crippen LogP contribution >= 0.6 is 0 Å². The molecule has 1 N–H and O–H groups in total. The van der Waals surface area contributed by atoms with Gasteiger partial charge in [0.05, 0.1) is 11.5 Å². The summed E-state index contributed by atoms with van der Waals surface area (Å²) in [7, 11) is 0. The van der Waals surface area contributed by atoms with Crippen LogP contribution in [0.3, 0.4) is 0 Å². The predicted molar refractivity (Wildman–Crippen MR) is 120 cm³/mol. The van der Waals surface area contributed by atoms with Crippen LogP contribution in [0.2, 0.25) is 0 Å². The molecule has 0 aromatic carbocycles. The third-order valence-corrected chi connectivity index (χ3v) is 10.5. The van der Waals surface area contributed by atoms with Crippen molar-refractivity contribution in [2.24, 2.45) is 34.0 Å². The Kier molecular flexibility index (Phi) is 5.83. The van der Waals surface area contributed by atoms with E-state index in [0.29, 0.717) is 30.0 Å². The van der Waals surface area contributed by atoms with E-state index < -0.39 is 11.5 Å². The quantitative estimate of drug-likeness (QED) is 0.540. The van der Waals surface area contributed by atoms with Gasteiger partial charge in [-0.25, -0.2) is 0 Å². The first-order valence-electron chi connectivity index (χ1n) is 12.6. The first-order valence-corrected chi connectivity index (χ1v) is 12.6. The summed E-state index contributed by atoms with van der Waals surface area (Å²) in [5.41, 5.74) is 0.919. The van der Waals surface area contributed by atoms with Gasteiger partial charge in [-0.15, -0.1) is 0 Å². The van der Waals surface area contributed by atoms with Crippen LogP contribution in [0.15, 0.2) is 11.6 Å². The van der Waals surface area contributed by atoms with E-state index in [-0.39, 0.29) is 16.6 Å². The van der Waals surface area contributed by atoms with E-state index in [1.807, 2.05) is 6.08 Å². The zero-order valence-corrected chi connectivity index (χ0v) is 19.6. The molecule has 0 aromatic rings. The van der Waals surface area contributed by atoms with Crippen LogP contribution < -0.4 is 0 Å². The normalized spacial score (nSPS) is 44.0. The second-order valence-electron chi connectivity index (χ2n) is 11.5. The minimum atomic E-state index is -0.560. The Bertz CT molecular complexity index is 738. The van der Waals surface area contributed by atoms with Gasteiger partial charge in [0.2, 0.25) is 0 Å². The van der Waals surface area contributed by atoms with Gasteiger partial charge in [-0.05, 0) is 93.0 Å². The average molecular weight is 415 g/mol. The number of hydrogen-bond donors (Lipinski definition) is 1. The largest absolute Gasteiger partial charge is 0.392 e. The van der Waals surface area contributed by atoms with Gasteiger partial charge in [-0.1, -0.05) is 45.6 Å². The van der Waals surface area contributed by atoms with Crippen LogP contribution in [-0.4, -0.2) is 22.8 Å². The summed E-state index contributed by atoms with van der Waals surface area (Å²) in [5, 5.41) is 11.4. The van der Waals surface area contributed by atoms with E-state index in [4.69, 9.17) is 0 Å². The topological polar surface area (TPSA) is 54.4 Å². The molecule has 168 valence electrons. The van der Waals surface area contributed by atoms with Crippen molar-refractivity contribution in [3.05, 3.63) is 11.6 Å². The van der Waals surface area contributed by atoms with Crippen LogP contribution in [0, 0.1) is 34.0 Å². The SMILES string of the molecule is CCCCCC(O)[C@]1(C(C)=O)CC[C@H]2[C@H]3CCC4=CC(=O)CC[C@]4(C)[C@H]3CC[C@@]21C. The summed E-state index contributed by atoms with van der Waals surface area (Å²) < 4.78 is 0. The molecule has 0 bridgehead atoms. The predicted octanol–water partition coefficient (Wildman–Crippen LogP) is 6.03. The van der Waals surface area contributed by atoms with E-state index in [1.165, 1.54) is 5.57 Å². The molecule has 4 aliphatic rings. The van der Waals surface area contributed by atoms with Crippen molar-refractivity contribution in [1.82, 2.24) is 0 Å². The lowest BCUT2D eigenvalue weighted by atomic mass is 9.44. The van der Waals surface area contributed by atoms with Crippen molar-refractivity contribution >= 4 is 11.6 Å². The van der Waals surface area contributed by atoms with Gasteiger partial charge < -0.3 is 5.11 Å². The van der Waals surface area contributed by atoms with Crippen LogP contribution in [0.4, 0.5) is 0 Å². The van der Waals surface area contributed by atoms with Crippen molar-refractivity contribution in [2.45, 2.75) is 111 Å². The van der Waals surface area contributed by atoms with E-state index in [9.17, 15) is 14.7 Å². The van der Waals surface area contributed by atoms with Crippen LogP contribution in [0.1, 0.15) is 105 Å². The summed E-state index contributed by atoms with van der Waals surface area (Å²) in [4.78, 5) is 25.2. The van der Waals surface area contributed by atoms with Crippen LogP contribution in [0.25, 0.3) is 0 Å². The van der Waals surface area contributed by atoms with Gasteiger partial charge >= 0.3 is 0 Å². The molecule has 0 amide bonds. The first-order chi connectivity index (χ1) is 14.2. The lowest BCUT2D eigenvalue weighted by molar-refractivity contribution is -0.158. The molecule has 3 saturated carbocycles. The minimum Gasteiger partial charge on any atom is -0.392 e. The molecule has 0 aromatic heterocycles. The Hall–Kier alpha value is -0.960. The smallest absolute Gasteiger partial charge is 0.155 e. The Morgan fingerprint density at radius 2 is 1.83 bits per heavy atom. The summed E-state index contributed by atoms with van der Waals surface area (Å²) in [6, 6.07) is 0. The maximum Gasteiger partial charge on any atom is 0.155 e. The molecule has 0 radical (unpaired) electrons. The Morgan fingerprint density at radius 3 is 2.53 bits per heavy atom. The number of aliphatic hydroxyl groups is 1. The fourth-order valence-corrected chi connectivity index (χ4v) is 8.83. The van der Waals surface area contributed by atoms with Gasteiger partial charge in [0.15, 0.2) is 5.78 Å². The molecule has 1 unspecified atom stereocenters. The molecule has 3 heteroatoms. The molecule has 0 heterocycles. The molecule has 7 atom stereocenters. The van der Waals surface area contributed by atoms with Crippen molar-refractivity contribution in [3.63, 3.8) is 0 Å². The Labute approximate surface area is 183 Å². The van der Waals surface area contributed by atoms with Crippen molar-refractivity contribution in [2.75, 3.05) is 0 Å². The zero-order valence-electron chi connectivity index (χ0n) is 19.6. The van der Waals surface area contributed by atoms with Gasteiger partial charge in [-0.2, -0.15) is 0 Å². The van der Waals surface area contributed by atoms with Crippen LogP contribution in [-0.2, 0) is 9.59 Å². The summed E-state index contributed by atoms with van der Waals surface area (Å²) in [5.74, 6) is 2.32. The first kappa shape index (κ1) is 22.2. The molecule has 0 aliphatic heterocycles. The molecule has 4 rings (SSSR count). The molecule has 0 saturated heterocycles. The van der Waals surface area contributed by atoms with Crippen molar-refractivity contribution in [3.8, 4) is 0 Å². The second-order valence-corrected chi connectivity index (χ2v) is 11.5. The maximum absolute atomic E-state index is 13.2. The lowest BCUT2D eigenvalue weighted by Crippen LogP contribution is -2.57. The number of carbonyl (C=O) groups excluding carboxylic acids is 2. The summed E-state index contributed by atoms with van der Waals surface area (Å²) in [6.45, 7) is 8.70. The molecular formula is C27H42O3. The van der Waals surface area contributed by atoms with Crippen LogP contribution in [0.5, 0.6) is 0 Å². The molecule has 3 fully saturated rings. The third-order valence-electron chi connectivity index (χ3n) is 10.5. The van der Waals surface area contributed by atoms with Gasteiger partial charge in [0, 0.05) is 6.42 Å². The highest BCUT2D eigenvalue weighted by atomic mass is 16.3. The molecule has 3 nitrogen and oxygen atoms in total.